The van der Waals surface area contributed by atoms with E-state index in [4.69, 9.17) is 0 Å². The number of hydrogen-bond acceptors (Lipinski definition) is 4. The molecular formula is C17H22N6. The van der Waals surface area contributed by atoms with Gasteiger partial charge in [-0.05, 0) is 56.5 Å². The number of benzene rings is 1. The first-order chi connectivity index (χ1) is 11.2. The molecule has 1 aromatic carbocycles. The summed E-state index contributed by atoms with van der Waals surface area (Å²) in [6, 6.07) is 4.87. The second-order valence-electron chi connectivity index (χ2n) is 6.52. The zero-order valence-corrected chi connectivity index (χ0v) is 13.7. The molecule has 1 aliphatic heterocycles. The van der Waals surface area contributed by atoms with Crippen molar-refractivity contribution in [2.75, 3.05) is 6.54 Å². The molecule has 0 radical (unpaired) electrons. The van der Waals surface area contributed by atoms with Crippen molar-refractivity contribution in [3.63, 3.8) is 0 Å². The lowest BCUT2D eigenvalue weighted by Crippen LogP contribution is -2.26. The molecule has 0 aliphatic carbocycles. The number of nitrogens with one attached hydrogen (secondary N) is 1. The molecule has 3 heterocycles. The van der Waals surface area contributed by atoms with Crippen LogP contribution in [0.5, 0.6) is 0 Å². The van der Waals surface area contributed by atoms with Gasteiger partial charge in [-0.15, -0.1) is 5.10 Å². The van der Waals surface area contributed by atoms with E-state index < -0.39 is 0 Å². The Hall–Kier alpha value is -2.21. The molecule has 1 saturated heterocycles. The monoisotopic (exact) mass is 310 g/mol. The number of rotatable bonds is 4. The average Bonchev–Trinajstić information content (AvgIpc) is 3.25. The van der Waals surface area contributed by atoms with E-state index in [1.165, 1.54) is 24.0 Å². The van der Waals surface area contributed by atoms with Crippen molar-refractivity contribution in [1.29, 1.82) is 0 Å². The Morgan fingerprint density at radius 3 is 2.96 bits per heavy atom. The molecule has 23 heavy (non-hydrogen) atoms. The van der Waals surface area contributed by atoms with E-state index in [1.807, 2.05) is 17.2 Å². The topological polar surface area (TPSA) is 60.6 Å². The Bertz CT molecular complexity index is 825. The summed E-state index contributed by atoms with van der Waals surface area (Å²) in [5.74, 6) is 0. The van der Waals surface area contributed by atoms with E-state index in [-0.39, 0.29) is 0 Å². The fourth-order valence-corrected chi connectivity index (χ4v) is 3.25. The molecule has 0 amide bonds. The molecule has 1 atom stereocenters. The zero-order valence-electron chi connectivity index (χ0n) is 13.7. The Kier molecular flexibility index (Phi) is 3.61. The number of nitrogens with zero attached hydrogens (tertiary/aromatic N) is 5. The average molecular weight is 310 g/mol. The maximum Gasteiger partial charge on any atom is 0.102 e. The quantitative estimate of drug-likeness (QED) is 0.801. The molecular weight excluding hydrogens is 288 g/mol. The van der Waals surface area contributed by atoms with Gasteiger partial charge >= 0.3 is 0 Å². The van der Waals surface area contributed by atoms with Gasteiger partial charge in [-0.3, -0.25) is 4.68 Å². The van der Waals surface area contributed by atoms with E-state index in [0.29, 0.717) is 12.6 Å². The number of fused-ring (bicyclic) bond motifs is 1. The van der Waals surface area contributed by atoms with Crippen LogP contribution < -0.4 is 5.32 Å². The fraction of sp³-hybridized carbons (Fsp3) is 0.471. The van der Waals surface area contributed by atoms with Gasteiger partial charge in [0.05, 0.1) is 36.6 Å². The molecule has 6 heteroatoms. The van der Waals surface area contributed by atoms with E-state index in [0.717, 1.165) is 29.8 Å². The van der Waals surface area contributed by atoms with Crippen molar-refractivity contribution in [2.45, 2.75) is 45.8 Å². The van der Waals surface area contributed by atoms with E-state index in [1.54, 1.807) is 0 Å². The van der Waals surface area contributed by atoms with Crippen molar-refractivity contribution in [2.24, 2.45) is 0 Å². The summed E-state index contributed by atoms with van der Waals surface area (Å²) in [4.78, 5) is 4.50. The minimum Gasteiger partial charge on any atom is -0.324 e. The van der Waals surface area contributed by atoms with Crippen LogP contribution in [-0.4, -0.2) is 37.1 Å². The summed E-state index contributed by atoms with van der Waals surface area (Å²) in [6.07, 6.45) is 6.42. The maximum atomic E-state index is 4.50. The van der Waals surface area contributed by atoms with Gasteiger partial charge < -0.3 is 9.88 Å². The molecule has 0 unspecified atom stereocenters. The van der Waals surface area contributed by atoms with Gasteiger partial charge in [-0.25, -0.2) is 4.98 Å². The standard InChI is InChI=1S/C17H22N6/c1-12-6-16-17(7-13(12)2)22(11-19-16)8-15-10-23(21-20-15)9-14-4-3-5-18-14/h6-7,10-11,14,18H,3-5,8-9H2,1-2H3/t14-/m1/s1. The molecule has 0 spiro atoms. The van der Waals surface area contributed by atoms with Gasteiger partial charge in [-0.2, -0.15) is 0 Å². The van der Waals surface area contributed by atoms with Crippen LogP contribution in [0.15, 0.2) is 24.7 Å². The van der Waals surface area contributed by atoms with Crippen molar-refractivity contribution >= 4 is 11.0 Å². The van der Waals surface area contributed by atoms with Crippen LogP contribution in [0.4, 0.5) is 0 Å². The van der Waals surface area contributed by atoms with Crippen molar-refractivity contribution in [3.8, 4) is 0 Å². The molecule has 3 aromatic rings. The van der Waals surface area contributed by atoms with E-state index in [9.17, 15) is 0 Å². The molecule has 1 fully saturated rings. The fourth-order valence-electron chi connectivity index (χ4n) is 3.25. The Labute approximate surface area is 135 Å². The number of hydrogen-bond donors (Lipinski definition) is 1. The van der Waals surface area contributed by atoms with Crippen LogP contribution in [0, 0.1) is 13.8 Å². The first kappa shape index (κ1) is 14.4. The third-order valence-corrected chi connectivity index (χ3v) is 4.72. The molecule has 0 bridgehead atoms. The van der Waals surface area contributed by atoms with Crippen molar-refractivity contribution < 1.29 is 0 Å². The van der Waals surface area contributed by atoms with Gasteiger partial charge in [0, 0.05) is 6.04 Å². The van der Waals surface area contributed by atoms with Gasteiger partial charge in [0.1, 0.15) is 5.69 Å². The lowest BCUT2D eigenvalue weighted by Gasteiger charge is -2.08. The minimum absolute atomic E-state index is 0.532. The third-order valence-electron chi connectivity index (χ3n) is 4.72. The first-order valence-corrected chi connectivity index (χ1v) is 8.23. The van der Waals surface area contributed by atoms with Crippen LogP contribution in [0.25, 0.3) is 11.0 Å². The third kappa shape index (κ3) is 2.86. The Morgan fingerprint density at radius 1 is 1.26 bits per heavy atom. The van der Waals surface area contributed by atoms with Crippen LogP contribution in [0.2, 0.25) is 0 Å². The molecule has 0 saturated carbocycles. The van der Waals surface area contributed by atoms with Crippen molar-refractivity contribution in [3.05, 3.63) is 41.5 Å². The second kappa shape index (κ2) is 5.77. The lowest BCUT2D eigenvalue weighted by atomic mass is 10.1. The van der Waals surface area contributed by atoms with Crippen LogP contribution in [-0.2, 0) is 13.1 Å². The van der Waals surface area contributed by atoms with Crippen LogP contribution in [0.3, 0.4) is 0 Å². The van der Waals surface area contributed by atoms with E-state index >= 15 is 0 Å². The van der Waals surface area contributed by atoms with Gasteiger partial charge in [-0.1, -0.05) is 5.21 Å². The van der Waals surface area contributed by atoms with Crippen molar-refractivity contribution in [1.82, 2.24) is 29.9 Å². The smallest absolute Gasteiger partial charge is 0.102 e. The SMILES string of the molecule is Cc1cc2ncn(Cc3cn(C[C@H]4CCCN4)nn3)c2cc1C. The zero-order chi connectivity index (χ0) is 15.8. The molecule has 4 rings (SSSR count). The second-order valence-corrected chi connectivity index (χ2v) is 6.52. The number of aromatic nitrogens is 5. The molecule has 1 N–H and O–H groups in total. The van der Waals surface area contributed by atoms with Crippen LogP contribution in [0.1, 0.15) is 29.7 Å². The normalized spacial score (nSPS) is 18.1. The highest BCUT2D eigenvalue weighted by molar-refractivity contribution is 5.77. The first-order valence-electron chi connectivity index (χ1n) is 8.23. The molecule has 120 valence electrons. The maximum absolute atomic E-state index is 4.50. The summed E-state index contributed by atoms with van der Waals surface area (Å²) in [5, 5.41) is 12.1. The highest BCUT2D eigenvalue weighted by Gasteiger charge is 2.15. The summed E-state index contributed by atoms with van der Waals surface area (Å²) in [7, 11) is 0. The highest BCUT2D eigenvalue weighted by Crippen LogP contribution is 2.19. The summed E-state index contributed by atoms with van der Waals surface area (Å²) in [6.45, 7) is 6.98. The summed E-state index contributed by atoms with van der Waals surface area (Å²) >= 11 is 0. The predicted octanol–water partition coefficient (Wildman–Crippen LogP) is 2.04. The van der Waals surface area contributed by atoms with Gasteiger partial charge in [0.15, 0.2) is 0 Å². The molecule has 6 nitrogen and oxygen atoms in total. The lowest BCUT2D eigenvalue weighted by molar-refractivity contribution is 0.466. The Morgan fingerprint density at radius 2 is 2.13 bits per heavy atom. The van der Waals surface area contributed by atoms with Gasteiger partial charge in [0.25, 0.3) is 0 Å². The predicted molar refractivity (Wildman–Crippen MR) is 89.4 cm³/mol. The summed E-state index contributed by atoms with van der Waals surface area (Å²) in [5.41, 5.74) is 5.73. The summed E-state index contributed by atoms with van der Waals surface area (Å²) < 4.78 is 4.09. The number of imidazole rings is 1. The number of aryl methyl sites for hydroxylation is 2. The van der Waals surface area contributed by atoms with E-state index in [2.05, 4.69) is 51.2 Å². The molecule has 1 aliphatic rings. The highest BCUT2D eigenvalue weighted by atomic mass is 15.4. The van der Waals surface area contributed by atoms with Gasteiger partial charge in [0.2, 0.25) is 0 Å². The molecule has 2 aromatic heterocycles. The minimum atomic E-state index is 0.532. The van der Waals surface area contributed by atoms with Crippen LogP contribution >= 0.6 is 0 Å². The largest absolute Gasteiger partial charge is 0.324 e. The Balaban J connectivity index is 1.54.